The molecule has 35 heavy (non-hydrogen) atoms. The van der Waals surface area contributed by atoms with Crippen LogP contribution >= 0.6 is 0 Å². The van der Waals surface area contributed by atoms with Gasteiger partial charge in [-0.25, -0.2) is 0 Å². The highest BCUT2D eigenvalue weighted by Crippen LogP contribution is 2.42. The van der Waals surface area contributed by atoms with E-state index in [4.69, 9.17) is 13.9 Å². The molecule has 0 aliphatic carbocycles. The van der Waals surface area contributed by atoms with Crippen molar-refractivity contribution in [3.05, 3.63) is 82.8 Å². The number of carbonyl (C=O) groups is 2. The number of furan rings is 1. The average molecular weight is 475 g/mol. The molecule has 2 aliphatic heterocycles. The minimum atomic E-state index is -0.865. The molecule has 3 aromatic rings. The first-order valence-corrected chi connectivity index (χ1v) is 11.3. The Kier molecular flexibility index (Phi) is 5.72. The van der Waals surface area contributed by atoms with Gasteiger partial charge in [0.25, 0.3) is 11.7 Å². The van der Waals surface area contributed by atoms with E-state index in [1.807, 2.05) is 24.1 Å². The monoisotopic (exact) mass is 474 g/mol. The first-order chi connectivity index (χ1) is 16.9. The molecule has 1 N–H and O–H groups in total. The zero-order chi connectivity index (χ0) is 24.7. The standard InChI is InChI=1S/C27H26N2O6/c1-16-4-10-22(35-16)24-23(25(30)18-7-11-21-20(14-18)28(2)12-13-34-21)26(31)27(32)29(24)15-17-5-8-19(33-3)9-6-17/h4-11,14,24,30H,12-13,15H2,1-3H3/b25-23-. The Hall–Kier alpha value is -4.20. The van der Waals surface area contributed by atoms with Crippen LogP contribution in [0.3, 0.4) is 0 Å². The number of amides is 1. The molecule has 1 aromatic heterocycles. The van der Waals surface area contributed by atoms with Crippen LogP contribution in [-0.2, 0) is 16.1 Å². The lowest BCUT2D eigenvalue weighted by atomic mass is 9.98. The summed E-state index contributed by atoms with van der Waals surface area (Å²) in [5, 5.41) is 11.3. The van der Waals surface area contributed by atoms with E-state index >= 15 is 0 Å². The van der Waals surface area contributed by atoms with E-state index in [0.717, 1.165) is 11.3 Å². The smallest absolute Gasteiger partial charge is 0.296 e. The highest BCUT2D eigenvalue weighted by atomic mass is 16.5. The SMILES string of the molecule is COc1ccc(CN2C(=O)C(=O)/C(=C(\O)c3ccc4c(c3)N(C)CCO4)C2c2ccc(C)o2)cc1. The lowest BCUT2D eigenvalue weighted by Gasteiger charge is -2.28. The van der Waals surface area contributed by atoms with Gasteiger partial charge in [-0.15, -0.1) is 0 Å². The summed E-state index contributed by atoms with van der Waals surface area (Å²) < 4.78 is 16.8. The Morgan fingerprint density at radius 2 is 1.89 bits per heavy atom. The van der Waals surface area contributed by atoms with Gasteiger partial charge >= 0.3 is 0 Å². The van der Waals surface area contributed by atoms with Crippen LogP contribution in [0, 0.1) is 6.92 Å². The summed E-state index contributed by atoms with van der Waals surface area (Å²) in [6.45, 7) is 3.23. The van der Waals surface area contributed by atoms with Crippen LogP contribution in [-0.4, -0.2) is 49.0 Å². The van der Waals surface area contributed by atoms with Gasteiger partial charge in [0.05, 0.1) is 24.9 Å². The fourth-order valence-corrected chi connectivity index (χ4v) is 4.52. The molecule has 8 nitrogen and oxygen atoms in total. The number of fused-ring (bicyclic) bond motifs is 1. The number of ketones is 1. The van der Waals surface area contributed by atoms with Crippen molar-refractivity contribution in [2.45, 2.75) is 19.5 Å². The number of nitrogens with zero attached hydrogens (tertiary/aromatic N) is 2. The van der Waals surface area contributed by atoms with Crippen LogP contribution in [0.15, 0.2) is 64.6 Å². The fraction of sp³-hybridized carbons (Fsp3) is 0.259. The first kappa shape index (κ1) is 22.6. The third-order valence-corrected chi connectivity index (χ3v) is 6.41. The van der Waals surface area contributed by atoms with Gasteiger partial charge in [-0.1, -0.05) is 12.1 Å². The molecule has 2 aliphatic rings. The third kappa shape index (κ3) is 4.01. The van der Waals surface area contributed by atoms with Gasteiger partial charge in [-0.3, -0.25) is 9.59 Å². The zero-order valence-corrected chi connectivity index (χ0v) is 19.8. The van der Waals surface area contributed by atoms with E-state index < -0.39 is 17.7 Å². The summed E-state index contributed by atoms with van der Waals surface area (Å²) in [6, 6.07) is 15.1. The molecule has 2 aromatic carbocycles. The van der Waals surface area contributed by atoms with E-state index in [0.29, 0.717) is 41.7 Å². The molecule has 1 saturated heterocycles. The van der Waals surface area contributed by atoms with Crippen molar-refractivity contribution in [3.63, 3.8) is 0 Å². The molecule has 0 radical (unpaired) electrons. The molecule has 0 saturated carbocycles. The van der Waals surface area contributed by atoms with Crippen LogP contribution < -0.4 is 14.4 Å². The maximum atomic E-state index is 13.3. The summed E-state index contributed by atoms with van der Waals surface area (Å²) in [5.41, 5.74) is 2.04. The highest BCUT2D eigenvalue weighted by molar-refractivity contribution is 6.46. The van der Waals surface area contributed by atoms with Crippen LogP contribution in [0.1, 0.15) is 28.7 Å². The Morgan fingerprint density at radius 3 is 2.57 bits per heavy atom. The van der Waals surface area contributed by atoms with Gasteiger partial charge in [0, 0.05) is 19.2 Å². The Balaban J connectivity index is 1.59. The number of benzene rings is 2. The predicted octanol–water partition coefficient (Wildman–Crippen LogP) is 4.05. The molecular formula is C27H26N2O6. The number of Topliss-reactive ketones (excluding diaryl/α,β-unsaturated/α-hetero) is 1. The van der Waals surface area contributed by atoms with Crippen molar-refractivity contribution in [3.8, 4) is 11.5 Å². The van der Waals surface area contributed by atoms with Gasteiger partial charge in [-0.2, -0.15) is 0 Å². The predicted molar refractivity (Wildman–Crippen MR) is 129 cm³/mol. The first-order valence-electron chi connectivity index (χ1n) is 11.3. The van der Waals surface area contributed by atoms with Gasteiger partial charge in [0.1, 0.15) is 41.4 Å². The highest BCUT2D eigenvalue weighted by Gasteiger charge is 2.47. The Morgan fingerprint density at radius 1 is 1.11 bits per heavy atom. The van der Waals surface area contributed by atoms with Crippen LogP contribution in [0.4, 0.5) is 5.69 Å². The maximum absolute atomic E-state index is 13.3. The number of aliphatic hydroxyl groups excluding tert-OH is 1. The van der Waals surface area contributed by atoms with Crippen molar-refractivity contribution >= 4 is 23.1 Å². The summed E-state index contributed by atoms with van der Waals surface area (Å²) in [4.78, 5) is 29.9. The van der Waals surface area contributed by atoms with Gasteiger partial charge in [-0.05, 0) is 55.0 Å². The average Bonchev–Trinajstić information content (AvgIpc) is 3.40. The number of likely N-dealkylation sites (tertiary alicyclic amines) is 1. The molecule has 1 fully saturated rings. The molecule has 8 heteroatoms. The number of likely N-dealkylation sites (N-methyl/N-ethyl adjacent to an activating group) is 1. The molecule has 0 spiro atoms. The molecule has 1 atom stereocenters. The second-order valence-corrected chi connectivity index (χ2v) is 8.68. The number of aryl methyl sites for hydroxylation is 1. The van der Waals surface area contributed by atoms with Gasteiger partial charge in [0.2, 0.25) is 0 Å². The summed E-state index contributed by atoms with van der Waals surface area (Å²) >= 11 is 0. The normalized spacial score (nSPS) is 19.0. The number of anilines is 1. The van der Waals surface area contributed by atoms with E-state index in [9.17, 15) is 14.7 Å². The number of aliphatic hydroxyl groups is 1. The maximum Gasteiger partial charge on any atom is 0.296 e. The van der Waals surface area contributed by atoms with Crippen molar-refractivity contribution < 1.29 is 28.6 Å². The van der Waals surface area contributed by atoms with Crippen molar-refractivity contribution in [2.24, 2.45) is 0 Å². The van der Waals surface area contributed by atoms with Crippen molar-refractivity contribution in [1.82, 2.24) is 4.90 Å². The van der Waals surface area contributed by atoms with E-state index in [1.165, 1.54) is 4.90 Å². The van der Waals surface area contributed by atoms with Crippen LogP contribution in [0.25, 0.3) is 5.76 Å². The van der Waals surface area contributed by atoms with Crippen LogP contribution in [0.5, 0.6) is 11.5 Å². The number of carbonyl (C=O) groups excluding carboxylic acids is 2. The Labute approximate surface area is 203 Å². The zero-order valence-electron chi connectivity index (χ0n) is 19.8. The molecule has 180 valence electrons. The summed E-state index contributed by atoms with van der Waals surface area (Å²) in [5.74, 6) is 0.750. The molecule has 5 rings (SSSR count). The second-order valence-electron chi connectivity index (χ2n) is 8.68. The summed E-state index contributed by atoms with van der Waals surface area (Å²) in [6.07, 6.45) is 0. The third-order valence-electron chi connectivity index (χ3n) is 6.41. The number of hydrogen-bond acceptors (Lipinski definition) is 7. The molecule has 1 unspecified atom stereocenters. The summed E-state index contributed by atoms with van der Waals surface area (Å²) in [7, 11) is 3.52. The Bertz CT molecular complexity index is 1320. The van der Waals surface area contributed by atoms with E-state index in [2.05, 4.69) is 0 Å². The van der Waals surface area contributed by atoms with Gasteiger partial charge < -0.3 is 28.8 Å². The van der Waals surface area contributed by atoms with Crippen molar-refractivity contribution in [2.75, 3.05) is 32.2 Å². The quantitative estimate of drug-likeness (QED) is 0.339. The van der Waals surface area contributed by atoms with Crippen LogP contribution in [0.2, 0.25) is 0 Å². The number of hydrogen-bond donors (Lipinski definition) is 1. The molecule has 0 bridgehead atoms. The second kappa shape index (κ2) is 8.87. The van der Waals surface area contributed by atoms with Crippen molar-refractivity contribution in [1.29, 1.82) is 0 Å². The number of methoxy groups -OCH3 is 1. The number of rotatable bonds is 5. The lowest BCUT2D eigenvalue weighted by Crippen LogP contribution is -2.29. The van der Waals surface area contributed by atoms with E-state index in [-0.39, 0.29) is 17.9 Å². The molecule has 1 amide bonds. The lowest BCUT2D eigenvalue weighted by molar-refractivity contribution is -0.140. The topological polar surface area (TPSA) is 92.5 Å². The van der Waals surface area contributed by atoms with Gasteiger partial charge in [0.15, 0.2) is 0 Å². The largest absolute Gasteiger partial charge is 0.507 e. The van der Waals surface area contributed by atoms with E-state index in [1.54, 1.807) is 56.5 Å². The molecule has 3 heterocycles. The molecular weight excluding hydrogens is 448 g/mol. The minimum absolute atomic E-state index is 0.00260. The fourth-order valence-electron chi connectivity index (χ4n) is 4.52. The minimum Gasteiger partial charge on any atom is -0.507 e. The number of ether oxygens (including phenoxy) is 2.